The Morgan fingerprint density at radius 3 is 2.70 bits per heavy atom. The lowest BCUT2D eigenvalue weighted by atomic mass is 10.4. The van der Waals surface area contributed by atoms with Gasteiger partial charge in [-0.2, -0.15) is 4.31 Å². The highest BCUT2D eigenvalue weighted by atomic mass is 32.2. The van der Waals surface area contributed by atoms with Gasteiger partial charge in [-0.15, -0.1) is 11.3 Å². The third-order valence-corrected chi connectivity index (χ3v) is 5.97. The largest absolute Gasteiger partial charge is 0.409 e. The molecule has 114 valence electrons. The quantitative estimate of drug-likeness (QED) is 0.319. The molecule has 0 saturated heterocycles. The lowest BCUT2D eigenvalue weighted by Crippen LogP contribution is -2.36. The third kappa shape index (κ3) is 4.44. The lowest BCUT2D eigenvalue weighted by molar-refractivity contribution is 0.179. The summed E-state index contributed by atoms with van der Waals surface area (Å²) in [5.41, 5.74) is 5.39. The van der Waals surface area contributed by atoms with Crippen LogP contribution in [0.4, 0.5) is 0 Å². The monoisotopic (exact) mass is 321 g/mol. The summed E-state index contributed by atoms with van der Waals surface area (Å²) in [5.74, 6) is -0.00928. The highest BCUT2D eigenvalue weighted by Crippen LogP contribution is 2.24. The smallest absolute Gasteiger partial charge is 0.252 e. The molecule has 1 rings (SSSR count). The zero-order valence-corrected chi connectivity index (χ0v) is 13.1. The Bertz CT molecular complexity index is 554. The van der Waals surface area contributed by atoms with E-state index in [1.807, 2.05) is 6.92 Å². The lowest BCUT2D eigenvalue weighted by Gasteiger charge is -2.20. The number of hydrogen-bond acceptors (Lipinski definition) is 6. The Morgan fingerprint density at radius 1 is 1.50 bits per heavy atom. The molecule has 0 saturated carbocycles. The van der Waals surface area contributed by atoms with Gasteiger partial charge in [0.15, 0.2) is 0 Å². The molecule has 9 heteroatoms. The molecular formula is C11H19N3O4S2. The normalized spacial score (nSPS) is 13.1. The van der Waals surface area contributed by atoms with Crippen LogP contribution in [-0.4, -0.2) is 50.6 Å². The number of oxime groups is 1. The molecule has 3 N–H and O–H groups in total. The maximum absolute atomic E-state index is 12.5. The van der Waals surface area contributed by atoms with Crippen LogP contribution in [0, 0.1) is 6.92 Å². The molecule has 20 heavy (non-hydrogen) atoms. The van der Waals surface area contributed by atoms with E-state index in [-0.39, 0.29) is 36.2 Å². The van der Waals surface area contributed by atoms with E-state index in [0.717, 1.165) is 4.88 Å². The Hall–Kier alpha value is -1.16. The first-order valence-electron chi connectivity index (χ1n) is 5.93. The van der Waals surface area contributed by atoms with E-state index in [0.29, 0.717) is 0 Å². The summed E-state index contributed by atoms with van der Waals surface area (Å²) in [6.07, 6.45) is 0.157. The molecule has 0 atom stereocenters. The van der Waals surface area contributed by atoms with Crippen LogP contribution in [0.2, 0.25) is 0 Å². The number of sulfonamides is 1. The van der Waals surface area contributed by atoms with Gasteiger partial charge in [-0.25, -0.2) is 8.42 Å². The highest BCUT2D eigenvalue weighted by molar-refractivity contribution is 7.91. The summed E-state index contributed by atoms with van der Waals surface area (Å²) in [4.78, 5) is 0.923. The number of ether oxygens (including phenoxy) is 1. The number of amidine groups is 1. The van der Waals surface area contributed by atoms with Gasteiger partial charge < -0.3 is 15.7 Å². The molecule has 7 nitrogen and oxygen atoms in total. The van der Waals surface area contributed by atoms with Crippen molar-refractivity contribution in [3.8, 4) is 0 Å². The molecule has 0 spiro atoms. The molecule has 0 aliphatic heterocycles. The van der Waals surface area contributed by atoms with Crippen molar-refractivity contribution in [1.29, 1.82) is 0 Å². The predicted octanol–water partition coefficient (Wildman–Crippen LogP) is 0.830. The van der Waals surface area contributed by atoms with Crippen LogP contribution in [0.3, 0.4) is 0 Å². The van der Waals surface area contributed by atoms with Gasteiger partial charge in [-0.1, -0.05) is 5.16 Å². The highest BCUT2D eigenvalue weighted by Gasteiger charge is 2.25. The first-order valence-corrected chi connectivity index (χ1v) is 8.19. The summed E-state index contributed by atoms with van der Waals surface area (Å²) in [6.45, 7) is 2.48. The summed E-state index contributed by atoms with van der Waals surface area (Å²) in [5, 5.41) is 11.4. The zero-order valence-electron chi connectivity index (χ0n) is 11.4. The molecule has 1 heterocycles. The minimum atomic E-state index is -3.58. The van der Waals surface area contributed by atoms with Crippen LogP contribution in [-0.2, 0) is 14.8 Å². The first-order chi connectivity index (χ1) is 9.41. The molecule has 0 aliphatic rings. The third-order valence-electron chi connectivity index (χ3n) is 2.60. The van der Waals surface area contributed by atoms with Gasteiger partial charge in [0.1, 0.15) is 10.0 Å². The maximum atomic E-state index is 12.5. The number of hydrogen-bond donors (Lipinski definition) is 2. The molecule has 0 aromatic carbocycles. The number of nitrogens with zero attached hydrogens (tertiary/aromatic N) is 2. The van der Waals surface area contributed by atoms with Gasteiger partial charge in [-0.3, -0.25) is 0 Å². The Morgan fingerprint density at radius 2 is 2.20 bits per heavy atom. The average molecular weight is 321 g/mol. The Labute approximate surface area is 122 Å². The van der Waals surface area contributed by atoms with Gasteiger partial charge in [0.25, 0.3) is 10.0 Å². The van der Waals surface area contributed by atoms with E-state index in [1.54, 1.807) is 12.1 Å². The summed E-state index contributed by atoms with van der Waals surface area (Å²) >= 11 is 1.22. The van der Waals surface area contributed by atoms with Crippen molar-refractivity contribution in [2.45, 2.75) is 17.6 Å². The standard InChI is InChI=1S/C11H19N3O4S2/c1-9-3-4-11(19-9)20(16,17)14(7-8-18-2)6-5-10(12)13-15/h3-4,15H,5-8H2,1-2H3,(H2,12,13). The van der Waals surface area contributed by atoms with E-state index in [4.69, 9.17) is 15.7 Å². The van der Waals surface area contributed by atoms with Gasteiger partial charge in [-0.05, 0) is 19.1 Å². The number of methoxy groups -OCH3 is 1. The van der Waals surface area contributed by atoms with Crippen molar-refractivity contribution in [2.24, 2.45) is 10.9 Å². The first kappa shape index (κ1) is 16.9. The molecule has 1 aromatic heterocycles. The molecule has 0 amide bonds. The van der Waals surface area contributed by atoms with E-state index in [2.05, 4.69) is 5.16 Å². The molecule has 0 unspecified atom stereocenters. The summed E-state index contributed by atoms with van der Waals surface area (Å²) < 4.78 is 31.5. The maximum Gasteiger partial charge on any atom is 0.252 e. The molecule has 0 bridgehead atoms. The average Bonchev–Trinajstić information content (AvgIpc) is 2.85. The molecular weight excluding hydrogens is 302 g/mol. The van der Waals surface area contributed by atoms with Crippen molar-refractivity contribution in [1.82, 2.24) is 4.31 Å². The fourth-order valence-electron chi connectivity index (χ4n) is 1.51. The van der Waals surface area contributed by atoms with Crippen molar-refractivity contribution < 1.29 is 18.4 Å². The van der Waals surface area contributed by atoms with Gasteiger partial charge >= 0.3 is 0 Å². The van der Waals surface area contributed by atoms with Crippen LogP contribution < -0.4 is 5.73 Å². The van der Waals surface area contributed by atoms with Gasteiger partial charge in [0.05, 0.1) is 6.61 Å². The number of thiophene rings is 1. The van der Waals surface area contributed by atoms with Gasteiger partial charge in [0.2, 0.25) is 0 Å². The van der Waals surface area contributed by atoms with Crippen LogP contribution in [0.25, 0.3) is 0 Å². The minimum absolute atomic E-state index is 0.00928. The van der Waals surface area contributed by atoms with Crippen molar-refractivity contribution in [3.63, 3.8) is 0 Å². The van der Waals surface area contributed by atoms with Crippen molar-refractivity contribution in [3.05, 3.63) is 17.0 Å². The van der Waals surface area contributed by atoms with E-state index in [1.165, 1.54) is 22.8 Å². The molecule has 0 aliphatic carbocycles. The number of rotatable bonds is 8. The van der Waals surface area contributed by atoms with Crippen LogP contribution in [0.1, 0.15) is 11.3 Å². The molecule has 0 fully saturated rings. The SMILES string of the molecule is COCCN(CCC(N)=NO)S(=O)(=O)c1ccc(C)s1. The van der Waals surface area contributed by atoms with Crippen molar-refractivity contribution >= 4 is 27.2 Å². The van der Waals surface area contributed by atoms with E-state index < -0.39 is 10.0 Å². The Balaban J connectivity index is 2.91. The minimum Gasteiger partial charge on any atom is -0.409 e. The van der Waals surface area contributed by atoms with Crippen LogP contribution in [0.5, 0.6) is 0 Å². The fraction of sp³-hybridized carbons (Fsp3) is 0.545. The van der Waals surface area contributed by atoms with Gasteiger partial charge in [0, 0.05) is 31.5 Å². The van der Waals surface area contributed by atoms with Crippen LogP contribution in [0.15, 0.2) is 21.5 Å². The Kier molecular flexibility index (Phi) is 6.40. The predicted molar refractivity (Wildman–Crippen MR) is 77.7 cm³/mol. The van der Waals surface area contributed by atoms with Crippen molar-refractivity contribution in [2.75, 3.05) is 26.8 Å². The zero-order chi connectivity index (χ0) is 15.2. The number of nitrogens with two attached hydrogens (primary N) is 1. The topological polar surface area (TPSA) is 105 Å². The molecule has 1 aromatic rings. The molecule has 0 radical (unpaired) electrons. The summed E-state index contributed by atoms with van der Waals surface area (Å²) in [7, 11) is -2.07. The van der Waals surface area contributed by atoms with E-state index >= 15 is 0 Å². The van der Waals surface area contributed by atoms with Crippen LogP contribution >= 0.6 is 11.3 Å². The second-order valence-corrected chi connectivity index (χ2v) is 7.56. The summed E-state index contributed by atoms with van der Waals surface area (Å²) in [6, 6.07) is 3.34. The van der Waals surface area contributed by atoms with E-state index in [9.17, 15) is 8.42 Å². The second-order valence-electron chi connectivity index (χ2n) is 4.10. The second kappa shape index (κ2) is 7.58. The fourth-order valence-corrected chi connectivity index (χ4v) is 4.37. The number of aryl methyl sites for hydroxylation is 1.